The highest BCUT2D eigenvalue weighted by Gasteiger charge is 2.39. The molecule has 1 N–H and O–H groups in total. The molecular weight excluding hydrogens is 132 g/mol. The van der Waals surface area contributed by atoms with Crippen LogP contribution in [0.5, 0.6) is 0 Å². The summed E-state index contributed by atoms with van der Waals surface area (Å²) in [5, 5.41) is 9.15. The van der Waals surface area contributed by atoms with Gasteiger partial charge in [0, 0.05) is 6.42 Å². The molecule has 1 fully saturated rings. The number of hydrogen-bond acceptors (Lipinski definition) is 3. The van der Waals surface area contributed by atoms with Crippen molar-refractivity contribution in [2.75, 3.05) is 0 Å². The Morgan fingerprint density at radius 2 is 2.40 bits per heavy atom. The van der Waals surface area contributed by atoms with Crippen LogP contribution < -0.4 is 0 Å². The minimum Gasteiger partial charge on any atom is -0.459 e. The van der Waals surface area contributed by atoms with Gasteiger partial charge in [-0.3, -0.25) is 4.79 Å². The van der Waals surface area contributed by atoms with Crippen LogP contribution in [-0.4, -0.2) is 23.3 Å². The first-order valence-corrected chi connectivity index (χ1v) is 3.34. The molecule has 1 aliphatic carbocycles. The molecule has 3 unspecified atom stereocenters. The largest absolute Gasteiger partial charge is 0.459 e. The van der Waals surface area contributed by atoms with Crippen molar-refractivity contribution in [1.29, 1.82) is 0 Å². The van der Waals surface area contributed by atoms with Crippen LogP contribution >= 0.6 is 0 Å². The quantitative estimate of drug-likeness (QED) is 0.376. The Morgan fingerprint density at radius 1 is 1.60 bits per heavy atom. The first-order valence-electron chi connectivity index (χ1n) is 3.34. The van der Waals surface area contributed by atoms with Gasteiger partial charge in [0.05, 0.1) is 5.92 Å². The first-order chi connectivity index (χ1) is 4.77. The molecule has 3 heteroatoms. The minimum atomic E-state index is -0.581. The molecule has 0 aromatic rings. The summed E-state index contributed by atoms with van der Waals surface area (Å²) in [6.45, 7) is 0. The van der Waals surface area contributed by atoms with E-state index < -0.39 is 6.10 Å². The number of rotatable bonds is 0. The van der Waals surface area contributed by atoms with Gasteiger partial charge in [0.25, 0.3) is 0 Å². The van der Waals surface area contributed by atoms with Crippen molar-refractivity contribution in [3.63, 3.8) is 0 Å². The smallest absolute Gasteiger partial charge is 0.313 e. The zero-order valence-corrected chi connectivity index (χ0v) is 5.36. The molecule has 2 rings (SSSR count). The molecule has 0 saturated carbocycles. The Labute approximate surface area is 58.3 Å². The third-order valence-corrected chi connectivity index (χ3v) is 1.98. The number of ether oxygens (including phenoxy) is 1. The molecule has 2 bridgehead atoms. The fourth-order valence-electron chi connectivity index (χ4n) is 1.37. The van der Waals surface area contributed by atoms with Crippen molar-refractivity contribution in [3.8, 4) is 0 Å². The SMILES string of the molecule is O=C1OC2CC1C=CC2O. The van der Waals surface area contributed by atoms with Crippen LogP contribution in [0, 0.1) is 5.92 Å². The van der Waals surface area contributed by atoms with Crippen LogP contribution in [0.25, 0.3) is 0 Å². The van der Waals surface area contributed by atoms with E-state index in [1.807, 2.05) is 0 Å². The number of esters is 1. The summed E-state index contributed by atoms with van der Waals surface area (Å²) in [6, 6.07) is 0. The molecule has 0 spiro atoms. The molecule has 54 valence electrons. The van der Waals surface area contributed by atoms with Gasteiger partial charge < -0.3 is 9.84 Å². The Hall–Kier alpha value is -0.830. The second kappa shape index (κ2) is 1.83. The summed E-state index contributed by atoms with van der Waals surface area (Å²) in [6.07, 6.45) is 3.14. The molecule has 2 aliphatic rings. The highest BCUT2D eigenvalue weighted by Crippen LogP contribution is 2.29. The summed E-state index contributed by atoms with van der Waals surface area (Å²) in [5.74, 6) is -0.286. The molecule has 1 heterocycles. The monoisotopic (exact) mass is 140 g/mol. The van der Waals surface area contributed by atoms with Crippen molar-refractivity contribution in [3.05, 3.63) is 12.2 Å². The van der Waals surface area contributed by atoms with Crippen LogP contribution in [0.3, 0.4) is 0 Å². The second-order valence-electron chi connectivity index (χ2n) is 2.69. The van der Waals surface area contributed by atoms with Crippen molar-refractivity contribution >= 4 is 5.97 Å². The van der Waals surface area contributed by atoms with Crippen LogP contribution in [-0.2, 0) is 9.53 Å². The predicted molar refractivity (Wildman–Crippen MR) is 33.1 cm³/mol. The minimum absolute atomic E-state index is 0.0894. The van der Waals surface area contributed by atoms with E-state index in [1.165, 1.54) is 0 Å². The Balaban J connectivity index is 2.27. The van der Waals surface area contributed by atoms with E-state index >= 15 is 0 Å². The van der Waals surface area contributed by atoms with Crippen LogP contribution in [0.4, 0.5) is 0 Å². The average molecular weight is 140 g/mol. The third kappa shape index (κ3) is 0.671. The zero-order chi connectivity index (χ0) is 7.14. The zero-order valence-electron chi connectivity index (χ0n) is 5.36. The van der Waals surface area contributed by atoms with Gasteiger partial charge in [-0.15, -0.1) is 0 Å². The molecular formula is C7H8O3. The standard InChI is InChI=1S/C7H8O3/c8-5-2-1-4-3-6(5)10-7(4)9/h1-2,4-6,8H,3H2. The molecule has 0 amide bonds. The molecule has 0 aromatic carbocycles. The van der Waals surface area contributed by atoms with Gasteiger partial charge in [-0.1, -0.05) is 12.2 Å². The normalized spacial score (nSPS) is 43.7. The highest BCUT2D eigenvalue weighted by atomic mass is 16.6. The van der Waals surface area contributed by atoms with Crippen LogP contribution in [0.2, 0.25) is 0 Å². The van der Waals surface area contributed by atoms with E-state index in [2.05, 4.69) is 0 Å². The fourth-order valence-corrected chi connectivity index (χ4v) is 1.37. The number of aliphatic hydroxyl groups excluding tert-OH is 1. The average Bonchev–Trinajstić information content (AvgIpc) is 2.21. The molecule has 3 atom stereocenters. The fraction of sp³-hybridized carbons (Fsp3) is 0.571. The number of hydrogen-bond donors (Lipinski definition) is 1. The van der Waals surface area contributed by atoms with Crippen molar-refractivity contribution in [2.45, 2.75) is 18.6 Å². The van der Waals surface area contributed by atoms with Gasteiger partial charge >= 0.3 is 5.97 Å². The Bertz CT molecular complexity index is 197. The van der Waals surface area contributed by atoms with Crippen molar-refractivity contribution in [1.82, 2.24) is 0 Å². The number of carbonyl (C=O) groups excluding carboxylic acids is 1. The molecule has 1 saturated heterocycles. The lowest BCUT2D eigenvalue weighted by atomic mass is 9.95. The van der Waals surface area contributed by atoms with Gasteiger partial charge in [0.2, 0.25) is 0 Å². The van der Waals surface area contributed by atoms with Gasteiger partial charge in [0.1, 0.15) is 12.2 Å². The lowest BCUT2D eigenvalue weighted by Gasteiger charge is -2.14. The summed E-state index contributed by atoms with van der Waals surface area (Å²) in [5.41, 5.74) is 0. The van der Waals surface area contributed by atoms with E-state index in [0.29, 0.717) is 6.42 Å². The maximum Gasteiger partial charge on any atom is 0.313 e. The first kappa shape index (κ1) is 5.92. The van der Waals surface area contributed by atoms with E-state index in [1.54, 1.807) is 12.2 Å². The summed E-state index contributed by atoms with van der Waals surface area (Å²) in [7, 11) is 0. The molecule has 10 heavy (non-hydrogen) atoms. The summed E-state index contributed by atoms with van der Waals surface area (Å²) in [4.78, 5) is 10.8. The molecule has 0 aromatic heterocycles. The Morgan fingerprint density at radius 3 is 3.10 bits per heavy atom. The van der Waals surface area contributed by atoms with Crippen LogP contribution in [0.1, 0.15) is 6.42 Å². The molecule has 0 radical (unpaired) electrons. The van der Waals surface area contributed by atoms with Gasteiger partial charge in [-0.25, -0.2) is 0 Å². The van der Waals surface area contributed by atoms with Gasteiger partial charge in [-0.2, -0.15) is 0 Å². The Kier molecular flexibility index (Phi) is 1.08. The predicted octanol–water partition coefficient (Wildman–Crippen LogP) is -0.151. The number of aliphatic hydroxyl groups is 1. The van der Waals surface area contributed by atoms with Crippen molar-refractivity contribution in [2.24, 2.45) is 5.92 Å². The van der Waals surface area contributed by atoms with Gasteiger partial charge in [0.15, 0.2) is 0 Å². The van der Waals surface area contributed by atoms with E-state index in [-0.39, 0.29) is 18.0 Å². The summed E-state index contributed by atoms with van der Waals surface area (Å²) < 4.78 is 4.85. The van der Waals surface area contributed by atoms with Crippen LogP contribution in [0.15, 0.2) is 12.2 Å². The van der Waals surface area contributed by atoms with E-state index in [9.17, 15) is 4.79 Å². The number of carbonyl (C=O) groups is 1. The lowest BCUT2D eigenvalue weighted by molar-refractivity contribution is -0.145. The number of fused-ring (bicyclic) bond motifs is 2. The topological polar surface area (TPSA) is 46.5 Å². The summed E-state index contributed by atoms with van der Waals surface area (Å²) >= 11 is 0. The third-order valence-electron chi connectivity index (χ3n) is 1.98. The maximum absolute atomic E-state index is 10.8. The highest BCUT2D eigenvalue weighted by molar-refractivity contribution is 5.77. The van der Waals surface area contributed by atoms with E-state index in [0.717, 1.165) is 0 Å². The lowest BCUT2D eigenvalue weighted by Crippen LogP contribution is -2.24. The second-order valence-corrected chi connectivity index (χ2v) is 2.69. The maximum atomic E-state index is 10.8. The molecule has 3 nitrogen and oxygen atoms in total. The van der Waals surface area contributed by atoms with E-state index in [4.69, 9.17) is 9.84 Å². The van der Waals surface area contributed by atoms with Gasteiger partial charge in [-0.05, 0) is 0 Å². The molecule has 1 aliphatic heterocycles. The van der Waals surface area contributed by atoms with Crippen molar-refractivity contribution < 1.29 is 14.6 Å².